The van der Waals surface area contributed by atoms with Crippen molar-refractivity contribution >= 4 is 5.78 Å². The van der Waals surface area contributed by atoms with Crippen LogP contribution in [0.2, 0.25) is 0 Å². The summed E-state index contributed by atoms with van der Waals surface area (Å²) >= 11 is 0. The van der Waals surface area contributed by atoms with Gasteiger partial charge in [0.25, 0.3) is 0 Å². The zero-order valence-electron chi connectivity index (χ0n) is 14.2. The average Bonchev–Trinajstić information content (AvgIpc) is 2.65. The first-order chi connectivity index (χ1) is 12.6. The Kier molecular flexibility index (Phi) is 5.64. The van der Waals surface area contributed by atoms with Crippen LogP contribution in [0.4, 0.5) is 4.39 Å². The molecule has 0 unspecified atom stereocenters. The van der Waals surface area contributed by atoms with Crippen molar-refractivity contribution in [2.45, 2.75) is 12.8 Å². The first-order valence-electron chi connectivity index (χ1n) is 8.39. The fraction of sp³-hybridized carbons (Fsp3) is 0.136. The monoisotopic (exact) mass is 350 g/mol. The Bertz CT molecular complexity index is 871. The van der Waals surface area contributed by atoms with E-state index < -0.39 is 0 Å². The van der Waals surface area contributed by atoms with Crippen LogP contribution in [0, 0.1) is 5.82 Å². The summed E-state index contributed by atoms with van der Waals surface area (Å²) in [6.07, 6.45) is 0.617. The summed E-state index contributed by atoms with van der Waals surface area (Å²) in [6, 6.07) is 20.3. The fourth-order valence-electron chi connectivity index (χ4n) is 2.64. The Hall–Kier alpha value is -3.14. The zero-order chi connectivity index (χ0) is 18.4. The molecule has 0 amide bonds. The number of ketones is 1. The molecule has 0 radical (unpaired) electrons. The van der Waals surface area contributed by atoms with Crippen molar-refractivity contribution in [3.63, 3.8) is 0 Å². The first kappa shape index (κ1) is 17.7. The second-order valence-electron chi connectivity index (χ2n) is 5.98. The van der Waals surface area contributed by atoms with E-state index in [0.717, 1.165) is 11.1 Å². The molecular weight excluding hydrogens is 331 g/mol. The van der Waals surface area contributed by atoms with Crippen LogP contribution in [-0.2, 0) is 11.2 Å². The van der Waals surface area contributed by atoms with Crippen molar-refractivity contribution in [3.05, 3.63) is 84.2 Å². The minimum atomic E-state index is -0.263. The number of carbonyl (C=O) groups is 1. The molecule has 132 valence electrons. The molecule has 26 heavy (non-hydrogen) atoms. The maximum absolute atomic E-state index is 13.8. The van der Waals surface area contributed by atoms with Gasteiger partial charge in [-0.2, -0.15) is 0 Å². The smallest absolute Gasteiger partial charge is 0.140 e. The molecule has 3 nitrogen and oxygen atoms in total. The third-order valence-electron chi connectivity index (χ3n) is 4.03. The first-order valence-corrected chi connectivity index (χ1v) is 8.39. The van der Waals surface area contributed by atoms with Gasteiger partial charge in [-0.05, 0) is 41.5 Å². The van der Waals surface area contributed by atoms with E-state index in [2.05, 4.69) is 0 Å². The predicted molar refractivity (Wildman–Crippen MR) is 98.8 cm³/mol. The van der Waals surface area contributed by atoms with Crippen molar-refractivity contribution in [2.24, 2.45) is 0 Å². The van der Waals surface area contributed by atoms with Crippen LogP contribution in [0.3, 0.4) is 0 Å². The molecule has 0 saturated heterocycles. The SMILES string of the molecule is O=C(CCOc1ccc(-c2ccccc2F)cc1)Cc1ccc(O)cc1. The maximum atomic E-state index is 13.8. The Morgan fingerprint density at radius 3 is 2.31 bits per heavy atom. The van der Waals surface area contributed by atoms with Gasteiger partial charge in [0, 0.05) is 18.4 Å². The Morgan fingerprint density at radius 1 is 0.923 bits per heavy atom. The summed E-state index contributed by atoms with van der Waals surface area (Å²) < 4.78 is 19.4. The number of benzene rings is 3. The van der Waals surface area contributed by atoms with Crippen molar-refractivity contribution in [1.29, 1.82) is 0 Å². The molecule has 3 aromatic carbocycles. The number of phenols is 1. The minimum Gasteiger partial charge on any atom is -0.508 e. The standard InChI is InChI=1S/C22H19FO3/c23-22-4-2-1-3-21(22)17-7-11-20(12-8-17)26-14-13-19(25)15-16-5-9-18(24)10-6-16/h1-12,24H,13-15H2. The number of aromatic hydroxyl groups is 1. The summed E-state index contributed by atoms with van der Waals surface area (Å²) in [7, 11) is 0. The fourth-order valence-corrected chi connectivity index (χ4v) is 2.64. The number of halogens is 1. The van der Waals surface area contributed by atoms with E-state index >= 15 is 0 Å². The maximum Gasteiger partial charge on any atom is 0.140 e. The van der Waals surface area contributed by atoms with Gasteiger partial charge < -0.3 is 9.84 Å². The molecule has 3 aromatic rings. The van der Waals surface area contributed by atoms with Crippen molar-refractivity contribution in [1.82, 2.24) is 0 Å². The van der Waals surface area contributed by atoms with E-state index in [-0.39, 0.29) is 24.0 Å². The van der Waals surface area contributed by atoms with Crippen LogP contribution < -0.4 is 4.74 Å². The topological polar surface area (TPSA) is 46.5 Å². The van der Waals surface area contributed by atoms with Crippen LogP contribution in [0.1, 0.15) is 12.0 Å². The van der Waals surface area contributed by atoms with Gasteiger partial charge in [0.15, 0.2) is 0 Å². The normalized spacial score (nSPS) is 10.5. The van der Waals surface area contributed by atoms with Gasteiger partial charge >= 0.3 is 0 Å². The number of phenolic OH excluding ortho intramolecular Hbond substituents is 1. The molecule has 1 N–H and O–H groups in total. The second kappa shape index (κ2) is 8.30. The molecule has 0 heterocycles. The number of rotatable bonds is 7. The zero-order valence-corrected chi connectivity index (χ0v) is 14.2. The number of carbonyl (C=O) groups excluding carboxylic acids is 1. The van der Waals surface area contributed by atoms with Gasteiger partial charge in [0.05, 0.1) is 6.61 Å². The lowest BCUT2D eigenvalue weighted by Gasteiger charge is -2.08. The minimum absolute atomic E-state index is 0.0682. The van der Waals surface area contributed by atoms with Crippen LogP contribution >= 0.6 is 0 Å². The highest BCUT2D eigenvalue weighted by atomic mass is 19.1. The Morgan fingerprint density at radius 2 is 1.62 bits per heavy atom. The Balaban J connectivity index is 1.50. The lowest BCUT2D eigenvalue weighted by molar-refractivity contribution is -0.118. The number of hydrogen-bond donors (Lipinski definition) is 1. The van der Waals surface area contributed by atoms with E-state index in [1.807, 2.05) is 0 Å². The summed E-state index contributed by atoms with van der Waals surface area (Å²) in [5, 5.41) is 9.24. The average molecular weight is 350 g/mol. The van der Waals surface area contributed by atoms with Crippen LogP contribution in [0.25, 0.3) is 11.1 Å². The van der Waals surface area contributed by atoms with E-state index in [4.69, 9.17) is 4.74 Å². The summed E-state index contributed by atoms with van der Waals surface area (Å²) in [5.41, 5.74) is 2.18. The van der Waals surface area contributed by atoms with E-state index in [1.165, 1.54) is 6.07 Å². The molecule has 0 aromatic heterocycles. The number of hydrogen-bond acceptors (Lipinski definition) is 3. The van der Waals surface area contributed by atoms with Gasteiger partial charge in [0.1, 0.15) is 23.1 Å². The predicted octanol–water partition coefficient (Wildman–Crippen LogP) is 4.78. The molecule has 0 aliphatic heterocycles. The summed E-state index contributed by atoms with van der Waals surface area (Å²) in [6.45, 7) is 0.288. The van der Waals surface area contributed by atoms with Crippen molar-refractivity contribution in [3.8, 4) is 22.6 Å². The molecule has 0 atom stereocenters. The largest absolute Gasteiger partial charge is 0.508 e. The van der Waals surface area contributed by atoms with E-state index in [9.17, 15) is 14.3 Å². The second-order valence-corrected chi connectivity index (χ2v) is 5.98. The van der Waals surface area contributed by atoms with Gasteiger partial charge in [-0.25, -0.2) is 4.39 Å². The number of Topliss-reactive ketones (excluding diaryl/α,β-unsaturated/α-hetero) is 1. The van der Waals surface area contributed by atoms with Gasteiger partial charge in [-0.15, -0.1) is 0 Å². The molecule has 0 aliphatic carbocycles. The lowest BCUT2D eigenvalue weighted by atomic mass is 10.1. The number of ether oxygens (including phenoxy) is 1. The highest BCUT2D eigenvalue weighted by molar-refractivity contribution is 5.81. The van der Waals surface area contributed by atoms with Crippen LogP contribution in [0.5, 0.6) is 11.5 Å². The van der Waals surface area contributed by atoms with Gasteiger partial charge in [-0.1, -0.05) is 42.5 Å². The molecule has 3 rings (SSSR count). The molecule has 0 bridgehead atoms. The molecule has 0 saturated carbocycles. The van der Waals surface area contributed by atoms with Crippen LogP contribution in [-0.4, -0.2) is 17.5 Å². The molecule has 4 heteroatoms. The van der Waals surface area contributed by atoms with E-state index in [0.29, 0.717) is 24.2 Å². The third kappa shape index (κ3) is 4.70. The lowest BCUT2D eigenvalue weighted by Crippen LogP contribution is -2.08. The molecule has 0 fully saturated rings. The summed E-state index contributed by atoms with van der Waals surface area (Å²) in [4.78, 5) is 12.0. The van der Waals surface area contributed by atoms with Crippen LogP contribution in [0.15, 0.2) is 72.8 Å². The molecule has 0 aliphatic rings. The van der Waals surface area contributed by atoms with E-state index in [1.54, 1.807) is 66.7 Å². The molecular formula is C22H19FO3. The van der Waals surface area contributed by atoms with Gasteiger partial charge in [0.2, 0.25) is 0 Å². The quantitative estimate of drug-likeness (QED) is 0.667. The Labute approximate surface area is 151 Å². The highest BCUT2D eigenvalue weighted by Gasteiger charge is 2.06. The van der Waals surface area contributed by atoms with Crippen molar-refractivity contribution in [2.75, 3.05) is 6.61 Å². The molecule has 0 spiro atoms. The third-order valence-corrected chi connectivity index (χ3v) is 4.03. The van der Waals surface area contributed by atoms with Gasteiger partial charge in [-0.3, -0.25) is 4.79 Å². The highest BCUT2D eigenvalue weighted by Crippen LogP contribution is 2.24. The summed E-state index contributed by atoms with van der Waals surface area (Å²) in [5.74, 6) is 0.630. The van der Waals surface area contributed by atoms with Crippen molar-refractivity contribution < 1.29 is 19.0 Å².